The summed E-state index contributed by atoms with van der Waals surface area (Å²) in [7, 11) is 1.47. The average Bonchev–Trinajstić information content (AvgIpc) is 2.54. The number of anilines is 1. The minimum absolute atomic E-state index is 0.304. The van der Waals surface area contributed by atoms with Gasteiger partial charge < -0.3 is 10.1 Å². The van der Waals surface area contributed by atoms with E-state index in [0.717, 1.165) is 17.7 Å². The van der Waals surface area contributed by atoms with E-state index in [4.69, 9.17) is 27.9 Å². The van der Waals surface area contributed by atoms with Crippen molar-refractivity contribution in [2.75, 3.05) is 12.4 Å². The summed E-state index contributed by atoms with van der Waals surface area (Å²) in [4.78, 5) is 12.7. The standard InChI is InChI=1S/C18H19Cl2NO2/c1-4-11(2)13-7-5-6-8-16(13)21-18(22)14-9-12(19)10-15(20)17(14)23-3/h5-11H,4H2,1-3H3,(H,21,22)/t11-/m0/s1. The van der Waals surface area contributed by atoms with Crippen molar-refractivity contribution in [3.8, 4) is 5.75 Å². The molecule has 1 amide bonds. The molecule has 0 radical (unpaired) electrons. The van der Waals surface area contributed by atoms with Gasteiger partial charge in [-0.25, -0.2) is 0 Å². The maximum absolute atomic E-state index is 12.7. The lowest BCUT2D eigenvalue weighted by atomic mass is 9.96. The van der Waals surface area contributed by atoms with E-state index in [1.807, 2.05) is 24.3 Å². The molecule has 3 nitrogen and oxygen atoms in total. The van der Waals surface area contributed by atoms with Gasteiger partial charge in [0, 0.05) is 10.7 Å². The van der Waals surface area contributed by atoms with Gasteiger partial charge in [-0.05, 0) is 36.1 Å². The molecule has 122 valence electrons. The van der Waals surface area contributed by atoms with Crippen LogP contribution in [0.5, 0.6) is 5.75 Å². The third-order valence-corrected chi connectivity index (χ3v) is 4.31. The molecule has 1 atom stereocenters. The number of hydrogen-bond donors (Lipinski definition) is 1. The average molecular weight is 352 g/mol. The largest absolute Gasteiger partial charge is 0.494 e. The lowest BCUT2D eigenvalue weighted by Gasteiger charge is -2.17. The summed E-state index contributed by atoms with van der Waals surface area (Å²) in [6, 6.07) is 10.9. The van der Waals surface area contributed by atoms with Crippen molar-refractivity contribution in [3.05, 3.63) is 57.6 Å². The summed E-state index contributed by atoms with van der Waals surface area (Å²) in [6.07, 6.45) is 0.985. The molecule has 0 unspecified atom stereocenters. The molecule has 2 aromatic carbocycles. The van der Waals surface area contributed by atoms with Crippen LogP contribution in [0.4, 0.5) is 5.69 Å². The second-order valence-electron chi connectivity index (χ2n) is 5.32. The molecule has 2 rings (SSSR count). The number of amides is 1. The number of rotatable bonds is 5. The Morgan fingerprint density at radius 1 is 1.26 bits per heavy atom. The number of halogens is 2. The van der Waals surface area contributed by atoms with Gasteiger partial charge in [-0.2, -0.15) is 0 Å². The highest BCUT2D eigenvalue weighted by molar-refractivity contribution is 6.36. The van der Waals surface area contributed by atoms with Crippen LogP contribution in [-0.2, 0) is 0 Å². The minimum Gasteiger partial charge on any atom is -0.494 e. The van der Waals surface area contributed by atoms with E-state index >= 15 is 0 Å². The highest BCUT2D eigenvalue weighted by Crippen LogP contribution is 2.33. The van der Waals surface area contributed by atoms with Crippen molar-refractivity contribution in [1.82, 2.24) is 0 Å². The first-order valence-electron chi connectivity index (χ1n) is 7.41. The Bertz CT molecular complexity index is 716. The molecule has 23 heavy (non-hydrogen) atoms. The minimum atomic E-state index is -0.304. The van der Waals surface area contributed by atoms with Gasteiger partial charge in [-0.3, -0.25) is 4.79 Å². The van der Waals surface area contributed by atoms with Crippen molar-refractivity contribution in [1.29, 1.82) is 0 Å². The monoisotopic (exact) mass is 351 g/mol. The molecule has 0 fully saturated rings. The Morgan fingerprint density at radius 2 is 1.96 bits per heavy atom. The molecule has 2 aromatic rings. The van der Waals surface area contributed by atoms with Crippen LogP contribution in [0.2, 0.25) is 10.0 Å². The Balaban J connectivity index is 2.38. The third kappa shape index (κ3) is 3.98. The van der Waals surface area contributed by atoms with Crippen LogP contribution in [0.15, 0.2) is 36.4 Å². The summed E-state index contributed by atoms with van der Waals surface area (Å²) < 4.78 is 5.24. The molecule has 1 N–H and O–H groups in total. The number of para-hydroxylation sites is 1. The highest BCUT2D eigenvalue weighted by atomic mass is 35.5. The predicted octanol–water partition coefficient (Wildman–Crippen LogP) is 5.77. The first-order valence-corrected chi connectivity index (χ1v) is 8.16. The summed E-state index contributed by atoms with van der Waals surface area (Å²) in [5, 5.41) is 3.63. The molecular formula is C18H19Cl2NO2. The normalized spacial score (nSPS) is 11.9. The third-order valence-electron chi connectivity index (χ3n) is 3.81. The van der Waals surface area contributed by atoms with Gasteiger partial charge in [-0.1, -0.05) is 55.2 Å². The van der Waals surface area contributed by atoms with Crippen LogP contribution in [-0.4, -0.2) is 13.0 Å². The second-order valence-corrected chi connectivity index (χ2v) is 6.16. The van der Waals surface area contributed by atoms with E-state index in [0.29, 0.717) is 27.3 Å². The van der Waals surface area contributed by atoms with Crippen molar-refractivity contribution in [3.63, 3.8) is 0 Å². The van der Waals surface area contributed by atoms with Crippen molar-refractivity contribution >= 4 is 34.8 Å². The number of carbonyl (C=O) groups is 1. The van der Waals surface area contributed by atoms with Crippen LogP contribution in [0.1, 0.15) is 42.1 Å². The molecule has 0 aromatic heterocycles. The number of methoxy groups -OCH3 is 1. The van der Waals surface area contributed by atoms with Crippen LogP contribution in [0, 0.1) is 0 Å². The van der Waals surface area contributed by atoms with Crippen molar-refractivity contribution in [2.45, 2.75) is 26.2 Å². The highest BCUT2D eigenvalue weighted by Gasteiger charge is 2.18. The van der Waals surface area contributed by atoms with Gasteiger partial charge >= 0.3 is 0 Å². The molecule has 0 aliphatic heterocycles. The fraction of sp³-hybridized carbons (Fsp3) is 0.278. The van der Waals surface area contributed by atoms with E-state index in [1.54, 1.807) is 12.1 Å². The van der Waals surface area contributed by atoms with E-state index in [-0.39, 0.29) is 5.91 Å². The van der Waals surface area contributed by atoms with E-state index < -0.39 is 0 Å². The smallest absolute Gasteiger partial charge is 0.259 e. The zero-order valence-electron chi connectivity index (χ0n) is 13.3. The topological polar surface area (TPSA) is 38.3 Å². The van der Waals surface area contributed by atoms with Crippen LogP contribution >= 0.6 is 23.2 Å². The fourth-order valence-corrected chi connectivity index (χ4v) is 2.96. The Morgan fingerprint density at radius 3 is 2.61 bits per heavy atom. The lowest BCUT2D eigenvalue weighted by molar-refractivity contribution is 0.102. The zero-order valence-corrected chi connectivity index (χ0v) is 14.8. The molecular weight excluding hydrogens is 333 g/mol. The van der Waals surface area contributed by atoms with E-state index in [2.05, 4.69) is 19.2 Å². The second kappa shape index (κ2) is 7.71. The van der Waals surface area contributed by atoms with Gasteiger partial charge in [0.25, 0.3) is 5.91 Å². The van der Waals surface area contributed by atoms with E-state index in [1.165, 1.54) is 7.11 Å². The molecule has 0 bridgehead atoms. The Kier molecular flexibility index (Phi) is 5.91. The molecule has 0 aliphatic rings. The summed E-state index contributed by atoms with van der Waals surface area (Å²) >= 11 is 12.1. The van der Waals surface area contributed by atoms with Crippen LogP contribution < -0.4 is 10.1 Å². The summed E-state index contributed by atoms with van der Waals surface area (Å²) in [5.41, 5.74) is 2.18. The van der Waals surface area contributed by atoms with Crippen molar-refractivity contribution < 1.29 is 9.53 Å². The maximum Gasteiger partial charge on any atom is 0.259 e. The maximum atomic E-state index is 12.7. The lowest BCUT2D eigenvalue weighted by Crippen LogP contribution is -2.15. The van der Waals surface area contributed by atoms with Gasteiger partial charge in [0.2, 0.25) is 0 Å². The summed E-state index contributed by atoms with van der Waals surface area (Å²) in [6.45, 7) is 4.24. The van der Waals surface area contributed by atoms with Gasteiger partial charge in [0.1, 0.15) is 5.75 Å². The molecule has 0 heterocycles. The first-order chi connectivity index (χ1) is 11.0. The quantitative estimate of drug-likeness (QED) is 0.742. The van der Waals surface area contributed by atoms with Crippen LogP contribution in [0.25, 0.3) is 0 Å². The number of nitrogens with one attached hydrogen (secondary N) is 1. The number of benzene rings is 2. The van der Waals surface area contributed by atoms with E-state index in [9.17, 15) is 4.79 Å². The van der Waals surface area contributed by atoms with Crippen LogP contribution in [0.3, 0.4) is 0 Å². The number of hydrogen-bond acceptors (Lipinski definition) is 2. The first kappa shape index (κ1) is 17.6. The van der Waals surface area contributed by atoms with Gasteiger partial charge in [-0.15, -0.1) is 0 Å². The Labute approximate surface area is 146 Å². The molecule has 0 saturated heterocycles. The van der Waals surface area contributed by atoms with Crippen molar-refractivity contribution in [2.24, 2.45) is 0 Å². The molecule has 5 heteroatoms. The fourth-order valence-electron chi connectivity index (χ4n) is 2.39. The zero-order chi connectivity index (χ0) is 17.0. The molecule has 0 spiro atoms. The molecule has 0 saturated carbocycles. The SMILES string of the molecule is CC[C@H](C)c1ccccc1NC(=O)c1cc(Cl)cc(Cl)c1OC. The van der Waals surface area contributed by atoms with Gasteiger partial charge in [0.05, 0.1) is 17.7 Å². The number of ether oxygens (including phenoxy) is 1. The number of carbonyl (C=O) groups excluding carboxylic acids is 1. The molecule has 0 aliphatic carbocycles. The van der Waals surface area contributed by atoms with Gasteiger partial charge in [0.15, 0.2) is 0 Å². The Hall–Kier alpha value is -1.71. The summed E-state index contributed by atoms with van der Waals surface area (Å²) in [5.74, 6) is 0.355. The predicted molar refractivity (Wildman–Crippen MR) is 96.1 cm³/mol.